The summed E-state index contributed by atoms with van der Waals surface area (Å²) in [5, 5.41) is 7.07. The smallest absolute Gasteiger partial charge is 0.258 e. The molecule has 182 valence electrons. The van der Waals surface area contributed by atoms with Crippen molar-refractivity contribution in [3.05, 3.63) is 93.8 Å². The van der Waals surface area contributed by atoms with Gasteiger partial charge in [-0.05, 0) is 42.3 Å². The van der Waals surface area contributed by atoms with Crippen molar-refractivity contribution in [2.24, 2.45) is 5.10 Å². The van der Waals surface area contributed by atoms with Crippen LogP contribution >= 0.6 is 0 Å². The molecule has 5 rings (SSSR count). The fraction of sp³-hybridized carbons (Fsp3) is 0.207. The van der Waals surface area contributed by atoms with E-state index in [9.17, 15) is 9.59 Å². The summed E-state index contributed by atoms with van der Waals surface area (Å²) in [4.78, 5) is 29.3. The maximum atomic E-state index is 13.5. The van der Waals surface area contributed by atoms with Crippen LogP contribution in [-0.4, -0.2) is 35.8 Å². The summed E-state index contributed by atoms with van der Waals surface area (Å²) in [5.74, 6) is 1.02. The molecule has 1 aliphatic rings. The standard InChI is InChI=1S/C29H27N3O4/c1-17-10-11-24-23(12-17)27(19-8-6-5-7-9-19)28(29(34)30-24)25-16-26(32(31-25)18(2)33)20-13-21(35-3)15-22(14-20)36-4/h5-15,26H,16H2,1-4H3,(H,30,34)/t26-/m1/s1. The SMILES string of the molecule is COc1cc(OC)cc([C@H]2CC(c3c(-c4ccccc4)c4cc(C)ccc4[nH]c3=O)=NN2C(C)=O)c1. The van der Waals surface area contributed by atoms with Gasteiger partial charge in [-0.3, -0.25) is 9.59 Å². The summed E-state index contributed by atoms with van der Waals surface area (Å²) < 4.78 is 10.9. The fourth-order valence-corrected chi connectivity index (χ4v) is 4.82. The highest BCUT2D eigenvalue weighted by Crippen LogP contribution is 2.39. The molecule has 1 N–H and O–H groups in total. The summed E-state index contributed by atoms with van der Waals surface area (Å²) >= 11 is 0. The lowest BCUT2D eigenvalue weighted by atomic mass is 9.90. The van der Waals surface area contributed by atoms with Gasteiger partial charge in [0.15, 0.2) is 0 Å². The third-order valence-electron chi connectivity index (χ3n) is 6.51. The molecule has 3 aromatic carbocycles. The molecule has 1 atom stereocenters. The molecule has 1 aromatic heterocycles. The van der Waals surface area contributed by atoms with Crippen molar-refractivity contribution in [3.63, 3.8) is 0 Å². The molecule has 36 heavy (non-hydrogen) atoms. The minimum atomic E-state index is -0.405. The number of benzene rings is 3. The average molecular weight is 482 g/mol. The van der Waals surface area contributed by atoms with E-state index in [-0.39, 0.29) is 11.5 Å². The van der Waals surface area contributed by atoms with Gasteiger partial charge in [0.05, 0.1) is 31.5 Å². The Morgan fingerprint density at radius 2 is 1.67 bits per heavy atom. The second kappa shape index (κ2) is 9.34. The summed E-state index contributed by atoms with van der Waals surface area (Å²) in [7, 11) is 3.17. The maximum absolute atomic E-state index is 13.5. The van der Waals surface area contributed by atoms with Crippen molar-refractivity contribution in [2.45, 2.75) is 26.3 Å². The Morgan fingerprint density at radius 3 is 2.31 bits per heavy atom. The van der Waals surface area contributed by atoms with Crippen molar-refractivity contribution in [3.8, 4) is 22.6 Å². The molecule has 0 radical (unpaired) electrons. The number of ether oxygens (including phenoxy) is 2. The number of H-pyrrole nitrogens is 1. The number of aryl methyl sites for hydroxylation is 1. The van der Waals surface area contributed by atoms with E-state index < -0.39 is 6.04 Å². The highest BCUT2D eigenvalue weighted by atomic mass is 16.5. The molecule has 2 heterocycles. The molecule has 0 saturated carbocycles. The van der Waals surface area contributed by atoms with Crippen molar-refractivity contribution in [1.29, 1.82) is 0 Å². The number of carbonyl (C=O) groups is 1. The number of aromatic nitrogens is 1. The van der Waals surface area contributed by atoms with Crippen molar-refractivity contribution in [2.75, 3.05) is 14.2 Å². The number of rotatable bonds is 5. The summed E-state index contributed by atoms with van der Waals surface area (Å²) in [6.45, 7) is 3.50. The van der Waals surface area contributed by atoms with Gasteiger partial charge in [-0.15, -0.1) is 0 Å². The van der Waals surface area contributed by atoms with Gasteiger partial charge in [-0.2, -0.15) is 5.10 Å². The minimum absolute atomic E-state index is 0.217. The van der Waals surface area contributed by atoms with Crippen molar-refractivity contribution >= 4 is 22.5 Å². The molecule has 0 spiro atoms. The lowest BCUT2D eigenvalue weighted by Crippen LogP contribution is -2.24. The van der Waals surface area contributed by atoms with Crippen molar-refractivity contribution < 1.29 is 14.3 Å². The Hall–Kier alpha value is -4.39. The second-order valence-corrected chi connectivity index (χ2v) is 8.90. The zero-order valence-electron chi connectivity index (χ0n) is 20.7. The first-order chi connectivity index (χ1) is 17.4. The molecular weight excluding hydrogens is 454 g/mol. The van der Waals surface area contributed by atoms with Crippen LogP contribution in [0.1, 0.15) is 36.1 Å². The van der Waals surface area contributed by atoms with Gasteiger partial charge in [0.2, 0.25) is 5.91 Å². The molecule has 0 fully saturated rings. The number of hydrogen-bond acceptors (Lipinski definition) is 5. The van der Waals surface area contributed by atoms with Gasteiger partial charge in [0.25, 0.3) is 5.56 Å². The van der Waals surface area contributed by atoms with Gasteiger partial charge in [-0.25, -0.2) is 5.01 Å². The maximum Gasteiger partial charge on any atom is 0.258 e. The van der Waals surface area contributed by atoms with Crippen LogP contribution in [0, 0.1) is 6.92 Å². The monoisotopic (exact) mass is 481 g/mol. The summed E-state index contributed by atoms with van der Waals surface area (Å²) in [5.41, 5.74) is 5.17. The third-order valence-corrected chi connectivity index (χ3v) is 6.51. The Morgan fingerprint density at radius 1 is 0.972 bits per heavy atom. The number of hydrogen-bond donors (Lipinski definition) is 1. The van der Waals surface area contributed by atoms with E-state index in [1.807, 2.05) is 61.5 Å². The van der Waals surface area contributed by atoms with E-state index in [0.717, 1.165) is 33.2 Å². The van der Waals surface area contributed by atoms with Crippen LogP contribution in [0.25, 0.3) is 22.0 Å². The number of carbonyl (C=O) groups excluding carboxylic acids is 1. The van der Waals surface area contributed by atoms with Gasteiger partial charge < -0.3 is 14.5 Å². The van der Waals surface area contributed by atoms with Crippen molar-refractivity contribution in [1.82, 2.24) is 9.99 Å². The highest BCUT2D eigenvalue weighted by molar-refractivity contribution is 6.12. The zero-order chi connectivity index (χ0) is 25.4. The number of pyridine rings is 1. The lowest BCUT2D eigenvalue weighted by molar-refractivity contribution is -0.130. The molecule has 4 aromatic rings. The van der Waals surface area contributed by atoms with E-state index in [1.54, 1.807) is 20.3 Å². The number of methoxy groups -OCH3 is 2. The van der Waals surface area contributed by atoms with Gasteiger partial charge in [0.1, 0.15) is 11.5 Å². The first kappa shape index (κ1) is 23.4. The van der Waals surface area contributed by atoms with E-state index >= 15 is 0 Å². The predicted octanol–water partition coefficient (Wildman–Crippen LogP) is 5.22. The van der Waals surface area contributed by atoms with Crippen LogP contribution in [-0.2, 0) is 4.79 Å². The predicted molar refractivity (Wildman–Crippen MR) is 141 cm³/mol. The highest BCUT2D eigenvalue weighted by Gasteiger charge is 2.34. The Labute approximate surface area is 209 Å². The third kappa shape index (κ3) is 4.13. The van der Waals surface area contributed by atoms with E-state index in [2.05, 4.69) is 11.1 Å². The quantitative estimate of drug-likeness (QED) is 0.424. The molecular formula is C29H27N3O4. The Balaban J connectivity index is 1.72. The molecule has 7 nitrogen and oxygen atoms in total. The topological polar surface area (TPSA) is 84.0 Å². The number of aromatic amines is 1. The number of nitrogens with zero attached hydrogens (tertiary/aromatic N) is 2. The average Bonchev–Trinajstić information content (AvgIpc) is 3.34. The number of amides is 1. The van der Waals surface area contributed by atoms with Gasteiger partial charge >= 0.3 is 0 Å². The molecule has 0 bridgehead atoms. The van der Waals surface area contributed by atoms with Crippen LogP contribution in [0.3, 0.4) is 0 Å². The molecule has 1 amide bonds. The molecule has 1 aliphatic heterocycles. The summed E-state index contributed by atoms with van der Waals surface area (Å²) in [6, 6.07) is 20.9. The molecule has 0 saturated heterocycles. The zero-order valence-corrected chi connectivity index (χ0v) is 20.7. The van der Waals surface area contributed by atoms with E-state index in [1.165, 1.54) is 11.9 Å². The van der Waals surface area contributed by atoms with Crippen LogP contribution < -0.4 is 15.0 Å². The molecule has 0 unspecified atom stereocenters. The first-order valence-corrected chi connectivity index (χ1v) is 11.7. The summed E-state index contributed by atoms with van der Waals surface area (Å²) in [6.07, 6.45) is 0.371. The van der Waals surface area contributed by atoms with Gasteiger partial charge in [0, 0.05) is 35.9 Å². The fourth-order valence-electron chi connectivity index (χ4n) is 4.82. The van der Waals surface area contributed by atoms with Crippen LogP contribution in [0.15, 0.2) is 76.6 Å². The van der Waals surface area contributed by atoms with E-state index in [4.69, 9.17) is 14.6 Å². The lowest BCUT2D eigenvalue weighted by Gasteiger charge is -2.21. The van der Waals surface area contributed by atoms with Crippen LogP contribution in [0.2, 0.25) is 0 Å². The normalized spacial score (nSPS) is 15.2. The van der Waals surface area contributed by atoms with E-state index in [0.29, 0.717) is 29.2 Å². The first-order valence-electron chi connectivity index (χ1n) is 11.7. The number of fused-ring (bicyclic) bond motifs is 1. The molecule has 7 heteroatoms. The second-order valence-electron chi connectivity index (χ2n) is 8.90. The number of hydrazone groups is 1. The largest absolute Gasteiger partial charge is 0.497 e. The minimum Gasteiger partial charge on any atom is -0.497 e. The Kier molecular flexibility index (Phi) is 6.06. The number of nitrogens with one attached hydrogen (secondary N) is 1. The van der Waals surface area contributed by atoms with Crippen LogP contribution in [0.4, 0.5) is 0 Å². The van der Waals surface area contributed by atoms with Gasteiger partial charge in [-0.1, -0.05) is 42.0 Å². The molecule has 0 aliphatic carbocycles. The Bertz CT molecular complexity index is 1530. The van der Waals surface area contributed by atoms with Crippen LogP contribution in [0.5, 0.6) is 11.5 Å².